The Kier molecular flexibility index (Phi) is 1.28. The summed E-state index contributed by atoms with van der Waals surface area (Å²) >= 11 is 0. The molecular formula is C10H5N3O. The van der Waals surface area contributed by atoms with Gasteiger partial charge in [-0.2, -0.15) is 0 Å². The minimum Gasteiger partial charge on any atom is -0.265 e. The van der Waals surface area contributed by atoms with Crippen molar-refractivity contribution in [2.45, 2.75) is 0 Å². The number of carbonyl (C=O) groups excluding carboxylic acids is 1. The van der Waals surface area contributed by atoms with Gasteiger partial charge in [-0.25, -0.2) is 15.0 Å². The second kappa shape index (κ2) is 2.45. The lowest BCUT2D eigenvalue weighted by Gasteiger charge is -2.02. The fourth-order valence-electron chi connectivity index (χ4n) is 1.56. The van der Waals surface area contributed by atoms with Gasteiger partial charge in [-0.05, 0) is 18.2 Å². The zero-order valence-electron chi connectivity index (χ0n) is 7.14. The van der Waals surface area contributed by atoms with Gasteiger partial charge in [0, 0.05) is 23.5 Å². The molecule has 3 heterocycles. The first kappa shape index (κ1) is 7.32. The monoisotopic (exact) mass is 183 g/mol. The lowest BCUT2D eigenvalue weighted by atomic mass is 10.0. The fraction of sp³-hybridized carbons (Fsp3) is 0. The third-order valence-corrected chi connectivity index (χ3v) is 2.19. The Bertz CT molecular complexity index is 526. The number of rotatable bonds is 0. The summed E-state index contributed by atoms with van der Waals surface area (Å²) in [5.41, 5.74) is 2.14. The standard InChI is InChI=1S/C10H5N3O/c14-10-8-6(3-5-12-10)7-2-1-4-11-9(7)13-8/h1-5H. The lowest BCUT2D eigenvalue weighted by molar-refractivity contribution is -0.111. The number of hydrogen-bond acceptors (Lipinski definition) is 3. The van der Waals surface area contributed by atoms with Crippen LogP contribution in [0.5, 0.6) is 0 Å². The topological polar surface area (TPSA) is 54.7 Å². The molecule has 66 valence electrons. The number of pyridine rings is 1. The van der Waals surface area contributed by atoms with E-state index >= 15 is 0 Å². The smallest absolute Gasteiger partial charge is 0.265 e. The molecule has 0 saturated heterocycles. The Hall–Kier alpha value is -2.10. The quantitative estimate of drug-likeness (QED) is 0.606. The van der Waals surface area contributed by atoms with Crippen LogP contribution in [-0.4, -0.2) is 22.8 Å². The third-order valence-electron chi connectivity index (χ3n) is 2.19. The van der Waals surface area contributed by atoms with Crippen LogP contribution >= 0.6 is 0 Å². The molecule has 4 heteroatoms. The van der Waals surface area contributed by atoms with E-state index in [-0.39, 0.29) is 5.91 Å². The number of aromatic nitrogens is 1. The Labute approximate surface area is 79.7 Å². The van der Waals surface area contributed by atoms with Crippen LogP contribution in [0.25, 0.3) is 5.57 Å². The van der Waals surface area contributed by atoms with E-state index in [1.807, 2.05) is 12.1 Å². The largest absolute Gasteiger partial charge is 0.296 e. The van der Waals surface area contributed by atoms with Crippen molar-refractivity contribution in [3.63, 3.8) is 0 Å². The van der Waals surface area contributed by atoms with E-state index in [9.17, 15) is 4.79 Å². The van der Waals surface area contributed by atoms with Crippen molar-refractivity contribution in [1.29, 1.82) is 0 Å². The van der Waals surface area contributed by atoms with Crippen molar-refractivity contribution < 1.29 is 4.79 Å². The van der Waals surface area contributed by atoms with Gasteiger partial charge in [0.05, 0.1) is 0 Å². The Morgan fingerprint density at radius 2 is 2.21 bits per heavy atom. The maximum Gasteiger partial charge on any atom is 0.296 e. The van der Waals surface area contributed by atoms with E-state index < -0.39 is 0 Å². The second-order valence-corrected chi connectivity index (χ2v) is 3.00. The zero-order chi connectivity index (χ0) is 9.54. The molecule has 0 N–H and O–H groups in total. The highest BCUT2D eigenvalue weighted by atomic mass is 16.1. The van der Waals surface area contributed by atoms with E-state index in [2.05, 4.69) is 15.0 Å². The summed E-state index contributed by atoms with van der Waals surface area (Å²) in [6.45, 7) is 0. The number of dihydropyridines is 1. The van der Waals surface area contributed by atoms with Crippen molar-refractivity contribution in [3.05, 3.63) is 30.0 Å². The summed E-state index contributed by atoms with van der Waals surface area (Å²) in [5, 5.41) is 0. The van der Waals surface area contributed by atoms with Gasteiger partial charge in [-0.1, -0.05) is 0 Å². The minimum atomic E-state index is -0.291. The molecule has 1 aromatic rings. The van der Waals surface area contributed by atoms with E-state index in [1.165, 1.54) is 6.21 Å². The lowest BCUT2D eigenvalue weighted by Crippen LogP contribution is -2.13. The Morgan fingerprint density at radius 3 is 3.14 bits per heavy atom. The molecule has 1 aromatic heterocycles. The molecule has 4 nitrogen and oxygen atoms in total. The van der Waals surface area contributed by atoms with Crippen LogP contribution < -0.4 is 0 Å². The summed E-state index contributed by atoms with van der Waals surface area (Å²) in [6.07, 6.45) is 4.94. The van der Waals surface area contributed by atoms with E-state index in [4.69, 9.17) is 0 Å². The second-order valence-electron chi connectivity index (χ2n) is 3.00. The van der Waals surface area contributed by atoms with Gasteiger partial charge in [-0.3, -0.25) is 4.79 Å². The molecule has 1 amide bonds. The molecular weight excluding hydrogens is 178 g/mol. The molecule has 0 unspecified atom stereocenters. The summed E-state index contributed by atoms with van der Waals surface area (Å²) in [7, 11) is 0. The summed E-state index contributed by atoms with van der Waals surface area (Å²) in [6, 6.07) is 3.73. The highest BCUT2D eigenvalue weighted by Gasteiger charge is 2.27. The molecule has 0 atom stereocenters. The van der Waals surface area contributed by atoms with Gasteiger partial charge in [0.25, 0.3) is 5.91 Å². The molecule has 0 radical (unpaired) electrons. The van der Waals surface area contributed by atoms with Crippen LogP contribution in [0.4, 0.5) is 5.82 Å². The molecule has 14 heavy (non-hydrogen) atoms. The Balaban J connectivity index is 2.29. The molecule has 0 bridgehead atoms. The van der Waals surface area contributed by atoms with Gasteiger partial charge in [0.15, 0.2) is 5.82 Å². The highest BCUT2D eigenvalue weighted by molar-refractivity contribution is 6.60. The number of fused-ring (bicyclic) bond motifs is 3. The van der Waals surface area contributed by atoms with Crippen LogP contribution in [0, 0.1) is 0 Å². The van der Waals surface area contributed by atoms with Crippen molar-refractivity contribution >= 4 is 29.2 Å². The summed E-state index contributed by atoms with van der Waals surface area (Å²) in [5.74, 6) is 0.313. The fourth-order valence-corrected chi connectivity index (χ4v) is 1.56. The predicted octanol–water partition coefficient (Wildman–Crippen LogP) is 1.16. The van der Waals surface area contributed by atoms with Gasteiger partial charge in [-0.15, -0.1) is 0 Å². The molecule has 2 aliphatic heterocycles. The van der Waals surface area contributed by atoms with E-state index in [0.717, 1.165) is 11.1 Å². The molecule has 0 aromatic carbocycles. The average Bonchev–Trinajstić information content (AvgIpc) is 2.59. The van der Waals surface area contributed by atoms with Crippen LogP contribution in [0.3, 0.4) is 0 Å². The average molecular weight is 183 g/mol. The number of nitrogens with zero attached hydrogens (tertiary/aromatic N) is 3. The molecule has 0 saturated carbocycles. The van der Waals surface area contributed by atoms with Gasteiger partial charge in [0.2, 0.25) is 0 Å². The van der Waals surface area contributed by atoms with Crippen molar-refractivity contribution in [2.24, 2.45) is 9.98 Å². The SMILES string of the molecule is O=C1N=CC=C2C1=Nc1ncccc12. The first-order chi connectivity index (χ1) is 6.86. The number of amides is 1. The number of allylic oxidation sites excluding steroid dienone is 1. The number of carbonyl (C=O) groups is 1. The Morgan fingerprint density at radius 1 is 1.29 bits per heavy atom. The molecule has 3 rings (SSSR count). The van der Waals surface area contributed by atoms with Crippen molar-refractivity contribution in [1.82, 2.24) is 4.98 Å². The van der Waals surface area contributed by atoms with Crippen LogP contribution in [-0.2, 0) is 4.79 Å². The maximum atomic E-state index is 11.3. The minimum absolute atomic E-state index is 0.291. The van der Waals surface area contributed by atoms with Crippen molar-refractivity contribution in [2.75, 3.05) is 0 Å². The molecule has 0 fully saturated rings. The van der Waals surface area contributed by atoms with E-state index in [1.54, 1.807) is 12.3 Å². The van der Waals surface area contributed by atoms with Gasteiger partial charge < -0.3 is 0 Å². The first-order valence-electron chi connectivity index (χ1n) is 4.19. The van der Waals surface area contributed by atoms with Crippen LogP contribution in [0.15, 0.2) is 34.4 Å². The number of aliphatic imine (C=N–C) groups is 2. The maximum absolute atomic E-state index is 11.3. The predicted molar refractivity (Wildman–Crippen MR) is 52.8 cm³/mol. The summed E-state index contributed by atoms with van der Waals surface area (Å²) < 4.78 is 0. The van der Waals surface area contributed by atoms with Gasteiger partial charge in [0.1, 0.15) is 5.71 Å². The summed E-state index contributed by atoms with van der Waals surface area (Å²) in [4.78, 5) is 23.2. The van der Waals surface area contributed by atoms with Crippen LogP contribution in [0.1, 0.15) is 5.56 Å². The molecule has 0 spiro atoms. The van der Waals surface area contributed by atoms with Gasteiger partial charge >= 0.3 is 0 Å². The van der Waals surface area contributed by atoms with Crippen molar-refractivity contribution in [3.8, 4) is 0 Å². The zero-order valence-corrected chi connectivity index (χ0v) is 7.14. The van der Waals surface area contributed by atoms with Crippen LogP contribution in [0.2, 0.25) is 0 Å². The molecule has 0 aliphatic carbocycles. The normalized spacial score (nSPS) is 17.3. The first-order valence-corrected chi connectivity index (χ1v) is 4.19. The highest BCUT2D eigenvalue weighted by Crippen LogP contribution is 2.33. The van der Waals surface area contributed by atoms with E-state index in [0.29, 0.717) is 11.5 Å². The number of hydrogen-bond donors (Lipinski definition) is 0. The molecule has 2 aliphatic rings. The third kappa shape index (κ3) is 0.821.